The summed E-state index contributed by atoms with van der Waals surface area (Å²) in [6.07, 6.45) is 1.05. The van der Waals surface area contributed by atoms with Crippen molar-refractivity contribution in [3.8, 4) is 5.75 Å². The Morgan fingerprint density at radius 2 is 2.06 bits per heavy atom. The number of hydrogen-bond donors (Lipinski definition) is 1. The molecule has 0 radical (unpaired) electrons. The van der Waals surface area contributed by atoms with Gasteiger partial charge in [-0.15, -0.1) is 11.3 Å². The molecule has 0 aliphatic carbocycles. The van der Waals surface area contributed by atoms with Crippen molar-refractivity contribution in [2.24, 2.45) is 0 Å². The van der Waals surface area contributed by atoms with Crippen LogP contribution in [-0.4, -0.2) is 13.7 Å². The number of methoxy groups -OCH3 is 1. The molecule has 1 N–H and O–H groups in total. The van der Waals surface area contributed by atoms with Crippen LogP contribution >= 0.6 is 11.3 Å². The third-order valence-electron chi connectivity index (χ3n) is 2.37. The van der Waals surface area contributed by atoms with Crippen LogP contribution in [0.1, 0.15) is 4.88 Å². The van der Waals surface area contributed by atoms with Crippen LogP contribution in [0.4, 0.5) is 5.69 Å². The predicted octanol–water partition coefficient (Wildman–Crippen LogP) is 3.41. The van der Waals surface area contributed by atoms with E-state index in [1.54, 1.807) is 18.4 Å². The van der Waals surface area contributed by atoms with Gasteiger partial charge < -0.3 is 10.1 Å². The van der Waals surface area contributed by atoms with Crippen LogP contribution in [0.15, 0.2) is 41.8 Å². The molecule has 0 fully saturated rings. The van der Waals surface area contributed by atoms with Gasteiger partial charge >= 0.3 is 0 Å². The highest BCUT2D eigenvalue weighted by molar-refractivity contribution is 7.09. The fraction of sp³-hybridized carbons (Fsp3) is 0.231. The number of thiophene rings is 1. The molecule has 0 amide bonds. The second-order valence-electron chi connectivity index (χ2n) is 3.46. The van der Waals surface area contributed by atoms with Gasteiger partial charge in [0.15, 0.2) is 0 Å². The summed E-state index contributed by atoms with van der Waals surface area (Å²) in [6, 6.07) is 12.2. The summed E-state index contributed by atoms with van der Waals surface area (Å²) in [5, 5.41) is 5.49. The van der Waals surface area contributed by atoms with Crippen LogP contribution < -0.4 is 10.1 Å². The van der Waals surface area contributed by atoms with E-state index in [0.29, 0.717) is 0 Å². The number of rotatable bonds is 5. The van der Waals surface area contributed by atoms with Crippen LogP contribution in [0.3, 0.4) is 0 Å². The fourth-order valence-corrected chi connectivity index (χ4v) is 2.27. The lowest BCUT2D eigenvalue weighted by molar-refractivity contribution is 0.416. The van der Waals surface area contributed by atoms with E-state index in [-0.39, 0.29) is 0 Å². The van der Waals surface area contributed by atoms with Gasteiger partial charge in [-0.2, -0.15) is 0 Å². The van der Waals surface area contributed by atoms with E-state index in [0.717, 1.165) is 24.4 Å². The second-order valence-corrected chi connectivity index (χ2v) is 4.49. The average molecular weight is 233 g/mol. The topological polar surface area (TPSA) is 21.3 Å². The van der Waals surface area contributed by atoms with Gasteiger partial charge in [0.2, 0.25) is 0 Å². The lowest BCUT2D eigenvalue weighted by Gasteiger charge is -2.09. The second kappa shape index (κ2) is 5.56. The molecule has 2 aromatic rings. The molecule has 0 spiro atoms. The monoisotopic (exact) mass is 233 g/mol. The average Bonchev–Trinajstić information content (AvgIpc) is 2.83. The van der Waals surface area contributed by atoms with Crippen LogP contribution in [0.5, 0.6) is 5.75 Å². The molecule has 3 heteroatoms. The van der Waals surface area contributed by atoms with Gasteiger partial charge in [-0.25, -0.2) is 0 Å². The summed E-state index contributed by atoms with van der Waals surface area (Å²) in [5.74, 6) is 0.897. The predicted molar refractivity (Wildman–Crippen MR) is 69.5 cm³/mol. The molecule has 1 aromatic heterocycles. The van der Waals surface area contributed by atoms with Crippen molar-refractivity contribution in [2.45, 2.75) is 6.42 Å². The third kappa shape index (κ3) is 2.76. The van der Waals surface area contributed by atoms with Crippen LogP contribution in [-0.2, 0) is 6.42 Å². The molecule has 84 valence electrons. The maximum atomic E-state index is 5.27. The number of ether oxygens (including phenoxy) is 1. The molecule has 1 aromatic carbocycles. The van der Waals surface area contributed by atoms with Crippen LogP contribution in [0.2, 0.25) is 0 Å². The van der Waals surface area contributed by atoms with E-state index >= 15 is 0 Å². The largest absolute Gasteiger partial charge is 0.495 e. The highest BCUT2D eigenvalue weighted by Gasteiger charge is 2.00. The first-order valence-corrected chi connectivity index (χ1v) is 6.17. The molecular formula is C13H15NOS. The molecule has 0 saturated carbocycles. The summed E-state index contributed by atoms with van der Waals surface area (Å²) >= 11 is 1.80. The Bertz CT molecular complexity index is 425. The maximum absolute atomic E-state index is 5.27. The van der Waals surface area contributed by atoms with E-state index < -0.39 is 0 Å². The Morgan fingerprint density at radius 1 is 1.19 bits per heavy atom. The van der Waals surface area contributed by atoms with Crippen molar-refractivity contribution < 1.29 is 4.74 Å². The molecule has 1 heterocycles. The molecule has 0 bridgehead atoms. The molecule has 2 nitrogen and oxygen atoms in total. The summed E-state index contributed by atoms with van der Waals surface area (Å²) in [6.45, 7) is 0.931. The minimum atomic E-state index is 0.897. The Balaban J connectivity index is 1.89. The molecule has 2 rings (SSSR count). The quantitative estimate of drug-likeness (QED) is 0.854. The van der Waals surface area contributed by atoms with Gasteiger partial charge in [-0.1, -0.05) is 18.2 Å². The molecule has 0 aliphatic heterocycles. The Morgan fingerprint density at radius 3 is 2.81 bits per heavy atom. The van der Waals surface area contributed by atoms with E-state index in [1.165, 1.54) is 4.88 Å². The number of benzene rings is 1. The fourth-order valence-electron chi connectivity index (χ4n) is 1.57. The zero-order chi connectivity index (χ0) is 11.2. The first-order chi connectivity index (χ1) is 7.90. The van der Waals surface area contributed by atoms with Gasteiger partial charge in [0.05, 0.1) is 12.8 Å². The normalized spacial score (nSPS) is 10.1. The number of anilines is 1. The summed E-state index contributed by atoms with van der Waals surface area (Å²) in [7, 11) is 1.69. The van der Waals surface area contributed by atoms with Crippen molar-refractivity contribution in [1.29, 1.82) is 0 Å². The van der Waals surface area contributed by atoms with Gasteiger partial charge in [-0.05, 0) is 30.0 Å². The van der Waals surface area contributed by atoms with Crippen molar-refractivity contribution in [2.75, 3.05) is 19.0 Å². The lowest BCUT2D eigenvalue weighted by Crippen LogP contribution is -2.05. The molecule has 16 heavy (non-hydrogen) atoms. The highest BCUT2D eigenvalue weighted by atomic mass is 32.1. The molecule has 0 saturated heterocycles. The standard InChI is InChI=1S/C13H15NOS/c1-15-13-7-3-2-6-12(13)14-9-8-11-5-4-10-16-11/h2-7,10,14H,8-9H2,1H3. The van der Waals surface area contributed by atoms with E-state index in [1.807, 2.05) is 24.3 Å². The third-order valence-corrected chi connectivity index (χ3v) is 3.31. The van der Waals surface area contributed by atoms with Crippen molar-refractivity contribution >= 4 is 17.0 Å². The minimum absolute atomic E-state index is 0.897. The summed E-state index contributed by atoms with van der Waals surface area (Å²) in [5.41, 5.74) is 1.06. The van der Waals surface area contributed by atoms with E-state index in [9.17, 15) is 0 Å². The first kappa shape index (κ1) is 11.0. The first-order valence-electron chi connectivity index (χ1n) is 5.29. The van der Waals surface area contributed by atoms with E-state index in [2.05, 4.69) is 22.8 Å². The minimum Gasteiger partial charge on any atom is -0.495 e. The molecular weight excluding hydrogens is 218 g/mol. The molecule has 0 unspecified atom stereocenters. The van der Waals surface area contributed by atoms with Gasteiger partial charge in [0.1, 0.15) is 5.75 Å². The number of para-hydroxylation sites is 2. The zero-order valence-electron chi connectivity index (χ0n) is 9.27. The molecule has 0 aliphatic rings. The van der Waals surface area contributed by atoms with Gasteiger partial charge in [0, 0.05) is 11.4 Å². The van der Waals surface area contributed by atoms with E-state index in [4.69, 9.17) is 4.74 Å². The van der Waals surface area contributed by atoms with Crippen molar-refractivity contribution in [3.05, 3.63) is 46.7 Å². The summed E-state index contributed by atoms with van der Waals surface area (Å²) in [4.78, 5) is 1.40. The highest BCUT2D eigenvalue weighted by Crippen LogP contribution is 2.22. The SMILES string of the molecule is COc1ccccc1NCCc1cccs1. The number of nitrogens with one attached hydrogen (secondary N) is 1. The smallest absolute Gasteiger partial charge is 0.141 e. The number of hydrogen-bond acceptors (Lipinski definition) is 3. The molecule has 0 atom stereocenters. The summed E-state index contributed by atoms with van der Waals surface area (Å²) < 4.78 is 5.27. The van der Waals surface area contributed by atoms with Crippen molar-refractivity contribution in [3.63, 3.8) is 0 Å². The lowest BCUT2D eigenvalue weighted by atomic mass is 10.2. The Hall–Kier alpha value is -1.48. The Labute approximate surface area is 99.9 Å². The zero-order valence-corrected chi connectivity index (χ0v) is 10.1. The van der Waals surface area contributed by atoms with Gasteiger partial charge in [0.25, 0.3) is 0 Å². The van der Waals surface area contributed by atoms with Crippen LogP contribution in [0.25, 0.3) is 0 Å². The van der Waals surface area contributed by atoms with Crippen molar-refractivity contribution in [1.82, 2.24) is 0 Å². The maximum Gasteiger partial charge on any atom is 0.141 e. The Kier molecular flexibility index (Phi) is 3.83. The van der Waals surface area contributed by atoms with Gasteiger partial charge in [-0.3, -0.25) is 0 Å². The van der Waals surface area contributed by atoms with Crippen LogP contribution in [0, 0.1) is 0 Å².